The molecule has 2 atom stereocenters. The molecule has 2 aliphatic rings. The minimum Gasteiger partial charge on any atom is -0.487 e. The second-order valence-corrected chi connectivity index (χ2v) is 8.71. The van der Waals surface area contributed by atoms with Gasteiger partial charge in [0.25, 0.3) is 0 Å². The Hall–Kier alpha value is -3.48. The molecule has 4 rings (SSSR count). The Bertz CT molecular complexity index is 1130. The Kier molecular flexibility index (Phi) is 6.82. The zero-order valence-corrected chi connectivity index (χ0v) is 18.7. The van der Waals surface area contributed by atoms with Crippen molar-refractivity contribution in [3.63, 3.8) is 0 Å². The van der Waals surface area contributed by atoms with E-state index in [1.807, 2.05) is 30.3 Å². The van der Waals surface area contributed by atoms with Gasteiger partial charge in [-0.1, -0.05) is 18.2 Å². The molecule has 4 N–H and O–H groups in total. The molecule has 1 aliphatic carbocycles. The van der Waals surface area contributed by atoms with Crippen LogP contribution in [0, 0.1) is 16.7 Å². The lowest BCUT2D eigenvalue weighted by atomic mass is 10.0. The number of alkyl halides is 1. The van der Waals surface area contributed by atoms with Crippen molar-refractivity contribution in [2.24, 2.45) is 11.1 Å². The number of ether oxygens (including phenoxy) is 1. The zero-order chi connectivity index (χ0) is 24.3. The van der Waals surface area contributed by atoms with Gasteiger partial charge in [-0.2, -0.15) is 5.26 Å². The van der Waals surface area contributed by atoms with Gasteiger partial charge in [0.2, 0.25) is 11.8 Å². The molecule has 0 bridgehead atoms. The number of carbonyl (C=O) groups excluding carboxylic acids is 2. The van der Waals surface area contributed by atoms with E-state index >= 15 is 0 Å². The summed E-state index contributed by atoms with van der Waals surface area (Å²) in [4.78, 5) is 25.3. The molecular formula is C25H27FN4O4. The van der Waals surface area contributed by atoms with Crippen LogP contribution in [0.25, 0.3) is 11.1 Å². The van der Waals surface area contributed by atoms with Crippen LogP contribution in [-0.4, -0.2) is 53.8 Å². The lowest BCUT2D eigenvalue weighted by Gasteiger charge is -2.34. The minimum absolute atomic E-state index is 0.119. The highest BCUT2D eigenvalue weighted by Gasteiger charge is 2.50. The number of halogens is 1. The van der Waals surface area contributed by atoms with Gasteiger partial charge in [0.05, 0.1) is 12.6 Å². The number of hydrogen-bond acceptors (Lipinski definition) is 6. The maximum absolute atomic E-state index is 14.6. The van der Waals surface area contributed by atoms with Crippen LogP contribution in [0.4, 0.5) is 10.1 Å². The van der Waals surface area contributed by atoms with Crippen molar-refractivity contribution >= 4 is 17.5 Å². The smallest absolute Gasteiger partial charge is 0.248 e. The molecule has 9 heteroatoms. The molecule has 2 aromatic carbocycles. The van der Waals surface area contributed by atoms with Gasteiger partial charge in [0.15, 0.2) is 6.17 Å². The molecule has 0 aromatic heterocycles. The minimum atomic E-state index is -1.38. The Morgan fingerprint density at radius 1 is 1.26 bits per heavy atom. The number of nitriles is 1. The topological polar surface area (TPSA) is 129 Å². The average Bonchev–Trinajstić information content (AvgIpc) is 3.66. The fourth-order valence-corrected chi connectivity index (χ4v) is 4.08. The standard InChI is InChI=1S/C25H27FN4O4/c26-20-13-30(23(32)14-31)9-6-22(20)34-21-5-4-17(10-18(21)12-27)16-2-1-3-19(11-16)29-24(33)25(15-28)7-8-25/h1-5,10-11,20,22,31H,6-9,12-14,27H2,(H,29,33)/t20-,22+/m1/s1. The Labute approximate surface area is 197 Å². The Balaban J connectivity index is 1.47. The molecule has 1 saturated heterocycles. The first-order valence-corrected chi connectivity index (χ1v) is 11.2. The average molecular weight is 467 g/mol. The molecule has 0 unspecified atom stereocenters. The first-order valence-electron chi connectivity index (χ1n) is 11.2. The largest absolute Gasteiger partial charge is 0.487 e. The van der Waals surface area contributed by atoms with Gasteiger partial charge in [-0.3, -0.25) is 9.59 Å². The fraction of sp³-hybridized carbons (Fsp3) is 0.400. The van der Waals surface area contributed by atoms with Crippen LogP contribution in [0.1, 0.15) is 24.8 Å². The van der Waals surface area contributed by atoms with E-state index in [1.54, 1.807) is 12.1 Å². The normalized spacial score (nSPS) is 20.8. The lowest BCUT2D eigenvalue weighted by molar-refractivity contribution is -0.138. The summed E-state index contributed by atoms with van der Waals surface area (Å²) in [5.41, 5.74) is 8.04. The van der Waals surface area contributed by atoms with Gasteiger partial charge in [-0.05, 0) is 48.2 Å². The quantitative estimate of drug-likeness (QED) is 0.575. The van der Waals surface area contributed by atoms with E-state index in [0.717, 1.165) is 11.1 Å². The number of aliphatic hydroxyl groups is 1. The number of amides is 2. The summed E-state index contributed by atoms with van der Waals surface area (Å²) in [5, 5.41) is 21.0. The Morgan fingerprint density at radius 3 is 2.68 bits per heavy atom. The number of anilines is 1. The number of nitrogens with two attached hydrogens (primary N) is 1. The van der Waals surface area contributed by atoms with Crippen LogP contribution in [-0.2, 0) is 16.1 Å². The molecule has 34 heavy (non-hydrogen) atoms. The number of piperidine rings is 1. The van der Waals surface area contributed by atoms with Crippen LogP contribution < -0.4 is 15.8 Å². The monoisotopic (exact) mass is 466 g/mol. The van der Waals surface area contributed by atoms with Crippen molar-refractivity contribution in [3.8, 4) is 22.9 Å². The number of carbonyl (C=O) groups is 2. The summed E-state index contributed by atoms with van der Waals surface area (Å²) in [5.74, 6) is -0.299. The molecule has 1 aliphatic heterocycles. The van der Waals surface area contributed by atoms with Gasteiger partial charge < -0.3 is 25.8 Å². The summed E-state index contributed by atoms with van der Waals surface area (Å²) in [7, 11) is 0. The number of benzene rings is 2. The molecule has 8 nitrogen and oxygen atoms in total. The predicted molar refractivity (Wildman–Crippen MR) is 123 cm³/mol. The van der Waals surface area contributed by atoms with Crippen molar-refractivity contribution in [2.45, 2.75) is 38.1 Å². The summed E-state index contributed by atoms with van der Waals surface area (Å²) >= 11 is 0. The predicted octanol–water partition coefficient (Wildman–Crippen LogP) is 2.36. The maximum Gasteiger partial charge on any atom is 0.248 e. The number of nitrogens with zero attached hydrogens (tertiary/aromatic N) is 2. The van der Waals surface area contributed by atoms with E-state index in [4.69, 9.17) is 15.6 Å². The molecule has 2 fully saturated rings. The Morgan fingerprint density at radius 2 is 2.03 bits per heavy atom. The van der Waals surface area contributed by atoms with E-state index in [2.05, 4.69) is 11.4 Å². The summed E-state index contributed by atoms with van der Waals surface area (Å²) in [6, 6.07) is 14.9. The third-order valence-electron chi connectivity index (χ3n) is 6.38. The number of aliphatic hydroxyl groups excluding tert-OH is 1. The number of likely N-dealkylation sites (tertiary alicyclic amines) is 1. The third-order valence-corrected chi connectivity index (χ3v) is 6.38. The first-order chi connectivity index (χ1) is 16.4. The molecule has 2 aromatic rings. The molecular weight excluding hydrogens is 439 g/mol. The summed E-state index contributed by atoms with van der Waals surface area (Å²) < 4.78 is 20.6. The van der Waals surface area contributed by atoms with Gasteiger partial charge in [0.1, 0.15) is 23.9 Å². The maximum atomic E-state index is 14.6. The third kappa shape index (κ3) is 4.88. The van der Waals surface area contributed by atoms with Crippen LogP contribution in [0.5, 0.6) is 5.75 Å². The van der Waals surface area contributed by atoms with Crippen LogP contribution in [0.2, 0.25) is 0 Å². The van der Waals surface area contributed by atoms with E-state index in [9.17, 15) is 19.2 Å². The second kappa shape index (κ2) is 9.79. The second-order valence-electron chi connectivity index (χ2n) is 8.71. The molecule has 1 saturated carbocycles. The van der Waals surface area contributed by atoms with Crippen LogP contribution in [0.3, 0.4) is 0 Å². The van der Waals surface area contributed by atoms with Gasteiger partial charge in [0, 0.05) is 30.8 Å². The van der Waals surface area contributed by atoms with Crippen molar-refractivity contribution in [2.75, 3.05) is 25.0 Å². The molecule has 1 heterocycles. The molecule has 2 amide bonds. The summed E-state index contributed by atoms with van der Waals surface area (Å²) in [6.45, 7) is -0.262. The number of nitrogens with one attached hydrogen (secondary N) is 1. The zero-order valence-electron chi connectivity index (χ0n) is 18.7. The van der Waals surface area contributed by atoms with E-state index in [-0.39, 0.29) is 19.0 Å². The number of rotatable bonds is 7. The van der Waals surface area contributed by atoms with E-state index < -0.39 is 30.2 Å². The van der Waals surface area contributed by atoms with Crippen molar-refractivity contribution in [1.29, 1.82) is 5.26 Å². The fourth-order valence-electron chi connectivity index (χ4n) is 4.08. The highest BCUT2D eigenvalue weighted by Crippen LogP contribution is 2.45. The first kappa shape index (κ1) is 23.7. The van der Waals surface area contributed by atoms with Gasteiger partial charge in [-0.25, -0.2) is 4.39 Å². The highest BCUT2D eigenvalue weighted by atomic mass is 19.1. The lowest BCUT2D eigenvalue weighted by Crippen LogP contribution is -2.50. The van der Waals surface area contributed by atoms with E-state index in [0.29, 0.717) is 42.8 Å². The summed E-state index contributed by atoms with van der Waals surface area (Å²) in [6.07, 6.45) is -0.630. The highest BCUT2D eigenvalue weighted by molar-refractivity contribution is 5.99. The molecule has 0 radical (unpaired) electrons. The number of hydrogen-bond donors (Lipinski definition) is 3. The molecule has 178 valence electrons. The van der Waals surface area contributed by atoms with Gasteiger partial charge in [-0.15, -0.1) is 0 Å². The SMILES string of the molecule is N#CC1(C(=O)Nc2cccc(-c3ccc(O[C@H]4CCN(C(=O)CO)C[C@H]4F)c(CN)c3)c2)CC1. The van der Waals surface area contributed by atoms with Crippen molar-refractivity contribution in [3.05, 3.63) is 48.0 Å². The van der Waals surface area contributed by atoms with Crippen molar-refractivity contribution in [1.82, 2.24) is 4.90 Å². The van der Waals surface area contributed by atoms with Crippen LogP contribution >= 0.6 is 0 Å². The van der Waals surface area contributed by atoms with Crippen molar-refractivity contribution < 1.29 is 23.8 Å². The van der Waals surface area contributed by atoms with Crippen LogP contribution in [0.15, 0.2) is 42.5 Å². The van der Waals surface area contributed by atoms with Gasteiger partial charge >= 0.3 is 0 Å². The van der Waals surface area contributed by atoms with E-state index in [1.165, 1.54) is 4.90 Å². The molecule has 0 spiro atoms.